The van der Waals surface area contributed by atoms with Gasteiger partial charge in [0.15, 0.2) is 0 Å². The molecule has 226 valence electrons. The number of unbranched alkanes of at least 4 members (excludes halogenated alkanes) is 1. The summed E-state index contributed by atoms with van der Waals surface area (Å²) in [6, 6.07) is 19.6. The molecular formula is C31H27N3O7S3. The Morgan fingerprint density at radius 2 is 1.57 bits per heavy atom. The second-order valence-electron chi connectivity index (χ2n) is 9.31. The van der Waals surface area contributed by atoms with Crippen molar-refractivity contribution in [2.75, 3.05) is 6.54 Å². The number of nitrogens with one attached hydrogen (secondary N) is 1. The summed E-state index contributed by atoms with van der Waals surface area (Å²) in [6.45, 7) is 1.97. The number of benzene rings is 3. The normalized spacial score (nSPS) is 10.8. The second-order valence-corrected chi connectivity index (χ2v) is 12.2. The van der Waals surface area contributed by atoms with Gasteiger partial charge in [0.1, 0.15) is 20.9 Å². The lowest BCUT2D eigenvalue weighted by molar-refractivity contribution is -0.137. The Bertz CT molecular complexity index is 1730. The summed E-state index contributed by atoms with van der Waals surface area (Å²) in [5.41, 5.74) is 2.01. The first-order chi connectivity index (χ1) is 21.2. The third kappa shape index (κ3) is 9.46. The number of carbonyl (C=O) groups excluding carboxylic acids is 3. The van der Waals surface area contributed by atoms with Gasteiger partial charge in [-0.25, -0.2) is 4.79 Å². The first-order valence-corrected chi connectivity index (χ1v) is 16.1. The third-order valence-corrected chi connectivity index (χ3v) is 8.90. The van der Waals surface area contributed by atoms with Crippen molar-refractivity contribution in [2.45, 2.75) is 32.6 Å². The first-order valence-electron chi connectivity index (χ1n) is 13.5. The molecule has 0 fully saturated rings. The minimum atomic E-state index is -1.00. The predicted octanol–water partition coefficient (Wildman–Crippen LogP) is 8.14. The Morgan fingerprint density at radius 1 is 0.864 bits per heavy atom. The summed E-state index contributed by atoms with van der Waals surface area (Å²) in [7, 11) is 3.08. The number of amides is 1. The summed E-state index contributed by atoms with van der Waals surface area (Å²) in [4.78, 5) is 49.4. The Balaban J connectivity index is 1.50. The molecule has 0 unspecified atom stereocenters. The summed E-state index contributed by atoms with van der Waals surface area (Å²) in [6.07, 6.45) is 1.49. The van der Waals surface area contributed by atoms with Gasteiger partial charge in [-0.15, -0.1) is 0 Å². The number of azo groups is 1. The van der Waals surface area contributed by atoms with E-state index in [1.807, 2.05) is 25.1 Å². The molecule has 0 atom stereocenters. The highest BCUT2D eigenvalue weighted by Gasteiger charge is 2.19. The van der Waals surface area contributed by atoms with Crippen LogP contribution in [-0.2, 0) is 9.59 Å². The fourth-order valence-electron chi connectivity index (χ4n) is 3.73. The molecule has 1 amide bonds. The van der Waals surface area contributed by atoms with Crippen LogP contribution in [0.1, 0.15) is 53.3 Å². The number of esters is 2. The van der Waals surface area contributed by atoms with Crippen molar-refractivity contribution in [3.8, 4) is 21.9 Å². The zero-order valence-corrected chi connectivity index (χ0v) is 25.9. The zero-order chi connectivity index (χ0) is 31.5. The Morgan fingerprint density at radius 3 is 2.23 bits per heavy atom. The minimum Gasteiger partial charge on any atom is -0.481 e. The molecule has 13 heteroatoms. The maximum Gasteiger partial charge on any atom is 0.347 e. The summed E-state index contributed by atoms with van der Waals surface area (Å²) in [5, 5.41) is 19.6. The summed E-state index contributed by atoms with van der Waals surface area (Å²) in [5.74, 6) is -2.27. The number of ether oxygens (including phenoxy) is 2. The molecule has 1 heterocycles. The second kappa shape index (κ2) is 15.8. The number of carboxylic acid groups (broad SMARTS) is 1. The number of nitrogens with zero attached hydrogens (tertiary/aromatic N) is 2. The van der Waals surface area contributed by atoms with Crippen molar-refractivity contribution in [1.82, 2.24) is 5.32 Å². The van der Waals surface area contributed by atoms with Crippen LogP contribution in [0, 0.1) is 3.82 Å². The van der Waals surface area contributed by atoms with Gasteiger partial charge in [0.2, 0.25) is 0 Å². The molecule has 0 bridgehead atoms. The number of aliphatic carboxylic acids is 1. The monoisotopic (exact) mass is 649 g/mol. The van der Waals surface area contributed by atoms with Gasteiger partial charge < -0.3 is 19.9 Å². The van der Waals surface area contributed by atoms with E-state index >= 15 is 0 Å². The number of carboxylic acids is 1. The van der Waals surface area contributed by atoms with E-state index in [9.17, 15) is 19.2 Å². The Hall–Kier alpha value is -4.59. The molecule has 0 saturated carbocycles. The highest BCUT2D eigenvalue weighted by atomic mass is 32.9. The van der Waals surface area contributed by atoms with Gasteiger partial charge in [0, 0.05) is 23.4 Å². The smallest absolute Gasteiger partial charge is 0.347 e. The average Bonchev–Trinajstić information content (AvgIpc) is 3.46. The molecule has 2 N–H and O–H groups in total. The number of rotatable bonds is 13. The minimum absolute atomic E-state index is 0.000407. The fourth-order valence-corrected chi connectivity index (χ4v) is 6.13. The Labute approximate surface area is 265 Å². The molecule has 4 rings (SSSR count). The molecule has 0 spiro atoms. The largest absolute Gasteiger partial charge is 0.481 e. The summed E-state index contributed by atoms with van der Waals surface area (Å²) < 4.78 is 11.9. The lowest BCUT2D eigenvalue weighted by atomic mass is 10.1. The molecule has 10 nitrogen and oxygen atoms in total. The zero-order valence-electron chi connectivity index (χ0n) is 23.5. The lowest BCUT2D eigenvalue weighted by Gasteiger charge is -2.11. The van der Waals surface area contributed by atoms with Crippen molar-refractivity contribution in [1.29, 1.82) is 0 Å². The maximum absolute atomic E-state index is 13.3. The van der Waals surface area contributed by atoms with E-state index in [4.69, 9.17) is 26.8 Å². The van der Waals surface area contributed by atoms with Crippen molar-refractivity contribution in [3.63, 3.8) is 0 Å². The summed E-state index contributed by atoms with van der Waals surface area (Å²) >= 11 is 5.21. The molecular weight excluding hydrogens is 623 g/mol. The molecule has 3 aromatic carbocycles. The van der Waals surface area contributed by atoms with Crippen LogP contribution < -0.4 is 14.8 Å². The van der Waals surface area contributed by atoms with E-state index in [1.54, 1.807) is 40.7 Å². The van der Waals surface area contributed by atoms with E-state index in [0.717, 1.165) is 20.7 Å². The number of carbonyl (C=O) groups is 4. The number of hydrogen-bond donors (Lipinski definition) is 2. The van der Waals surface area contributed by atoms with E-state index in [-0.39, 0.29) is 30.7 Å². The first kappa shape index (κ1) is 32.3. The molecule has 0 aliphatic heterocycles. The van der Waals surface area contributed by atoms with Gasteiger partial charge in [-0.05, 0) is 84.8 Å². The van der Waals surface area contributed by atoms with Gasteiger partial charge in [-0.3, -0.25) is 14.4 Å². The van der Waals surface area contributed by atoms with Crippen LogP contribution in [0.3, 0.4) is 0 Å². The van der Waals surface area contributed by atoms with Crippen molar-refractivity contribution >= 4 is 68.1 Å². The molecule has 1 aromatic heterocycles. The highest BCUT2D eigenvalue weighted by Crippen LogP contribution is 2.32. The average molecular weight is 650 g/mol. The van der Waals surface area contributed by atoms with Crippen LogP contribution in [0.5, 0.6) is 11.5 Å². The molecule has 0 aliphatic rings. The van der Waals surface area contributed by atoms with Crippen LogP contribution in [0.15, 0.2) is 83.0 Å². The predicted molar refractivity (Wildman–Crippen MR) is 170 cm³/mol. The third-order valence-electron chi connectivity index (χ3n) is 5.99. The molecule has 0 saturated heterocycles. The van der Waals surface area contributed by atoms with E-state index in [2.05, 4.69) is 15.5 Å². The van der Waals surface area contributed by atoms with E-state index in [1.165, 1.54) is 34.6 Å². The van der Waals surface area contributed by atoms with Crippen molar-refractivity contribution in [2.24, 2.45) is 10.2 Å². The van der Waals surface area contributed by atoms with E-state index < -0.39 is 23.8 Å². The van der Waals surface area contributed by atoms with Crippen molar-refractivity contribution in [3.05, 3.63) is 87.7 Å². The van der Waals surface area contributed by atoms with Crippen LogP contribution >= 0.6 is 32.9 Å². The van der Waals surface area contributed by atoms with Crippen molar-refractivity contribution < 1.29 is 33.8 Å². The van der Waals surface area contributed by atoms with Gasteiger partial charge in [-0.1, -0.05) is 46.2 Å². The molecule has 44 heavy (non-hydrogen) atoms. The van der Waals surface area contributed by atoms with Gasteiger partial charge in [-0.2, -0.15) is 10.2 Å². The molecule has 4 aromatic rings. The molecule has 0 radical (unpaired) electrons. The van der Waals surface area contributed by atoms with Gasteiger partial charge >= 0.3 is 17.9 Å². The van der Waals surface area contributed by atoms with E-state index in [0.29, 0.717) is 29.1 Å². The topological polar surface area (TPSA) is 144 Å². The fraction of sp³-hybridized carbons (Fsp3) is 0.194. The van der Waals surface area contributed by atoms with Crippen LogP contribution in [-0.4, -0.2) is 35.5 Å². The Kier molecular flexibility index (Phi) is 11.6. The van der Waals surface area contributed by atoms with Crippen LogP contribution in [0.4, 0.5) is 11.4 Å². The van der Waals surface area contributed by atoms with Gasteiger partial charge in [0.25, 0.3) is 5.91 Å². The standard InChI is InChI=1S/C31H27N3O7S3/c1-2-3-4-28(37)41-25-14-11-22(34-33-21-9-5-20(6-10-21)30(38)32-16-15-27(35)36)17-24(25)31(39)40-23-12-7-19(8-13-23)26-18-29(42)44-43-26/h5-14,17-18H,2-4,15-16H2,1H3,(H,32,38)(H,35,36)/b34-33+. The quantitative estimate of drug-likeness (QED) is 0.0486. The highest BCUT2D eigenvalue weighted by molar-refractivity contribution is 7.80. The van der Waals surface area contributed by atoms with Crippen LogP contribution in [0.25, 0.3) is 10.4 Å². The van der Waals surface area contributed by atoms with Gasteiger partial charge in [0.05, 0.1) is 17.8 Å². The maximum atomic E-state index is 13.3. The lowest BCUT2D eigenvalue weighted by Crippen LogP contribution is -2.25. The number of hydrogen-bond acceptors (Lipinski definition) is 11. The SMILES string of the molecule is CCCCC(=O)Oc1ccc(/N=N/c2ccc(C(=O)NCCC(=O)O)cc2)cc1C(=O)Oc1ccc(-c2cc(=S)ss2)cc1. The van der Waals surface area contributed by atoms with Crippen LogP contribution in [0.2, 0.25) is 0 Å². The molecule has 0 aliphatic carbocycles.